The molecule has 1 unspecified atom stereocenters. The summed E-state index contributed by atoms with van der Waals surface area (Å²) in [4.78, 5) is 14.7. The second-order valence-corrected chi connectivity index (χ2v) is 6.98. The Morgan fingerprint density at radius 2 is 1.86 bits per heavy atom. The van der Waals surface area contributed by atoms with Crippen LogP contribution in [0.1, 0.15) is 56.4 Å². The number of carbonyl (C=O) groups excluding carboxylic acids is 1. The molecule has 1 aliphatic carbocycles. The van der Waals surface area contributed by atoms with E-state index in [4.69, 9.17) is 5.73 Å². The highest BCUT2D eigenvalue weighted by Gasteiger charge is 2.29. The van der Waals surface area contributed by atoms with Crippen molar-refractivity contribution in [1.82, 2.24) is 4.90 Å². The number of rotatable bonds is 3. The largest absolute Gasteiger partial charge is 0.343 e. The van der Waals surface area contributed by atoms with Crippen LogP contribution >= 0.6 is 0 Å². The van der Waals surface area contributed by atoms with E-state index in [-0.39, 0.29) is 6.04 Å². The van der Waals surface area contributed by atoms with Crippen molar-refractivity contribution in [3.05, 3.63) is 35.9 Å². The summed E-state index contributed by atoms with van der Waals surface area (Å²) in [6.07, 6.45) is 7.47. The number of likely N-dealkylation sites (tertiary alicyclic amines) is 1. The zero-order valence-corrected chi connectivity index (χ0v) is 13.4. The molecule has 22 heavy (non-hydrogen) atoms. The van der Waals surface area contributed by atoms with Crippen molar-refractivity contribution in [3.8, 4) is 0 Å². The molecule has 3 atom stereocenters. The van der Waals surface area contributed by atoms with Crippen molar-refractivity contribution >= 4 is 5.91 Å². The van der Waals surface area contributed by atoms with Crippen LogP contribution in [-0.2, 0) is 4.79 Å². The van der Waals surface area contributed by atoms with Gasteiger partial charge in [0.2, 0.25) is 5.91 Å². The molecule has 3 heteroatoms. The van der Waals surface area contributed by atoms with E-state index >= 15 is 0 Å². The smallest absolute Gasteiger partial charge is 0.222 e. The first-order chi connectivity index (χ1) is 10.7. The van der Waals surface area contributed by atoms with Gasteiger partial charge in [-0.3, -0.25) is 4.79 Å². The standard InChI is InChI=1S/C19H28N2O/c20-18-10-4-8-17(18)14-19(22)21-12-5-9-16(11-13-21)15-6-2-1-3-7-15/h1-3,6-7,16-18H,4-5,8-14,20H2/t16?,17-,18+/m0/s1. The molecule has 1 amide bonds. The molecule has 0 radical (unpaired) electrons. The van der Waals surface area contributed by atoms with Gasteiger partial charge in [0.05, 0.1) is 0 Å². The number of hydrogen-bond donors (Lipinski definition) is 1. The Kier molecular flexibility index (Phi) is 5.14. The second-order valence-electron chi connectivity index (χ2n) is 6.98. The van der Waals surface area contributed by atoms with Gasteiger partial charge in [-0.1, -0.05) is 36.8 Å². The van der Waals surface area contributed by atoms with E-state index in [1.54, 1.807) is 0 Å². The fourth-order valence-corrected chi connectivity index (χ4v) is 4.08. The Labute approximate surface area is 133 Å². The molecule has 1 aromatic rings. The molecular weight excluding hydrogens is 272 g/mol. The Hall–Kier alpha value is -1.35. The number of amides is 1. The molecular formula is C19H28N2O. The van der Waals surface area contributed by atoms with Gasteiger partial charge in [-0.15, -0.1) is 0 Å². The number of hydrogen-bond acceptors (Lipinski definition) is 2. The van der Waals surface area contributed by atoms with Crippen LogP contribution in [0.4, 0.5) is 0 Å². The van der Waals surface area contributed by atoms with Gasteiger partial charge in [-0.2, -0.15) is 0 Å². The number of nitrogens with zero attached hydrogens (tertiary/aromatic N) is 1. The molecule has 0 spiro atoms. The predicted molar refractivity (Wildman–Crippen MR) is 89.5 cm³/mol. The minimum atomic E-state index is 0.244. The lowest BCUT2D eigenvalue weighted by Gasteiger charge is -2.24. The predicted octanol–water partition coefficient (Wildman–Crippen LogP) is 3.30. The average Bonchev–Trinajstić information content (AvgIpc) is 2.80. The maximum absolute atomic E-state index is 12.6. The Morgan fingerprint density at radius 3 is 2.59 bits per heavy atom. The quantitative estimate of drug-likeness (QED) is 0.931. The number of carbonyl (C=O) groups is 1. The number of nitrogens with two attached hydrogens (primary N) is 1. The van der Waals surface area contributed by atoms with Crippen LogP contribution in [0.25, 0.3) is 0 Å². The monoisotopic (exact) mass is 300 g/mol. The van der Waals surface area contributed by atoms with Crippen molar-refractivity contribution in [2.75, 3.05) is 13.1 Å². The van der Waals surface area contributed by atoms with Gasteiger partial charge in [0.15, 0.2) is 0 Å². The third-order valence-corrected chi connectivity index (χ3v) is 5.51. The topological polar surface area (TPSA) is 46.3 Å². The van der Waals surface area contributed by atoms with Crippen molar-refractivity contribution in [2.24, 2.45) is 11.7 Å². The highest BCUT2D eigenvalue weighted by atomic mass is 16.2. The molecule has 3 rings (SSSR count). The molecule has 1 aliphatic heterocycles. The first-order valence-corrected chi connectivity index (χ1v) is 8.82. The summed E-state index contributed by atoms with van der Waals surface area (Å²) in [5.41, 5.74) is 7.54. The number of benzene rings is 1. The van der Waals surface area contributed by atoms with E-state index < -0.39 is 0 Å². The zero-order valence-electron chi connectivity index (χ0n) is 13.4. The Balaban J connectivity index is 1.54. The van der Waals surface area contributed by atoms with E-state index in [0.29, 0.717) is 24.2 Å². The molecule has 2 aliphatic rings. The van der Waals surface area contributed by atoms with Crippen LogP contribution in [0.2, 0.25) is 0 Å². The lowest BCUT2D eigenvalue weighted by atomic mass is 9.92. The molecule has 120 valence electrons. The Bertz CT molecular complexity index is 487. The minimum absolute atomic E-state index is 0.244. The molecule has 0 aromatic heterocycles. The molecule has 2 fully saturated rings. The molecule has 0 bridgehead atoms. The maximum Gasteiger partial charge on any atom is 0.222 e. The summed E-state index contributed by atoms with van der Waals surface area (Å²) in [7, 11) is 0. The summed E-state index contributed by atoms with van der Waals surface area (Å²) in [6.45, 7) is 1.82. The lowest BCUT2D eigenvalue weighted by Crippen LogP contribution is -2.36. The van der Waals surface area contributed by atoms with Crippen molar-refractivity contribution in [2.45, 2.75) is 56.9 Å². The van der Waals surface area contributed by atoms with Gasteiger partial charge in [-0.05, 0) is 49.5 Å². The van der Waals surface area contributed by atoms with Gasteiger partial charge < -0.3 is 10.6 Å². The molecule has 3 nitrogen and oxygen atoms in total. The minimum Gasteiger partial charge on any atom is -0.343 e. The molecule has 1 saturated carbocycles. The van der Waals surface area contributed by atoms with Gasteiger partial charge in [-0.25, -0.2) is 0 Å². The van der Waals surface area contributed by atoms with E-state index in [1.807, 2.05) is 0 Å². The normalized spacial score (nSPS) is 29.3. The fourth-order valence-electron chi connectivity index (χ4n) is 4.08. The van der Waals surface area contributed by atoms with Crippen LogP contribution in [0.3, 0.4) is 0 Å². The first kappa shape index (κ1) is 15.5. The fraction of sp³-hybridized carbons (Fsp3) is 0.632. The van der Waals surface area contributed by atoms with E-state index in [9.17, 15) is 4.79 Å². The molecule has 1 aromatic carbocycles. The summed E-state index contributed by atoms with van der Waals surface area (Å²) >= 11 is 0. The maximum atomic E-state index is 12.6. The Morgan fingerprint density at radius 1 is 1.05 bits per heavy atom. The second kappa shape index (κ2) is 7.28. The van der Waals surface area contributed by atoms with E-state index in [0.717, 1.165) is 38.8 Å². The van der Waals surface area contributed by atoms with Gasteiger partial charge >= 0.3 is 0 Å². The van der Waals surface area contributed by atoms with Gasteiger partial charge in [0.1, 0.15) is 0 Å². The molecule has 1 heterocycles. The van der Waals surface area contributed by atoms with Crippen molar-refractivity contribution in [1.29, 1.82) is 0 Å². The van der Waals surface area contributed by atoms with Crippen LogP contribution in [0.15, 0.2) is 30.3 Å². The van der Waals surface area contributed by atoms with Gasteiger partial charge in [0.25, 0.3) is 0 Å². The van der Waals surface area contributed by atoms with Crippen molar-refractivity contribution in [3.63, 3.8) is 0 Å². The van der Waals surface area contributed by atoms with Gasteiger partial charge in [0, 0.05) is 25.6 Å². The van der Waals surface area contributed by atoms with Crippen molar-refractivity contribution < 1.29 is 4.79 Å². The third kappa shape index (κ3) is 3.70. The van der Waals surface area contributed by atoms with Crippen LogP contribution in [0, 0.1) is 5.92 Å². The lowest BCUT2D eigenvalue weighted by molar-refractivity contribution is -0.132. The summed E-state index contributed by atoms with van der Waals surface area (Å²) in [5.74, 6) is 1.35. The van der Waals surface area contributed by atoms with Crippen LogP contribution in [-0.4, -0.2) is 29.9 Å². The summed E-state index contributed by atoms with van der Waals surface area (Å²) in [6, 6.07) is 11.0. The van der Waals surface area contributed by atoms with Crippen LogP contribution in [0.5, 0.6) is 0 Å². The summed E-state index contributed by atoms with van der Waals surface area (Å²) in [5, 5.41) is 0. The third-order valence-electron chi connectivity index (χ3n) is 5.51. The zero-order chi connectivity index (χ0) is 15.4. The highest BCUT2D eigenvalue weighted by Crippen LogP contribution is 2.30. The van der Waals surface area contributed by atoms with E-state index in [2.05, 4.69) is 35.2 Å². The van der Waals surface area contributed by atoms with E-state index in [1.165, 1.54) is 18.4 Å². The summed E-state index contributed by atoms with van der Waals surface area (Å²) < 4.78 is 0. The molecule has 2 N–H and O–H groups in total. The highest BCUT2D eigenvalue weighted by molar-refractivity contribution is 5.76. The SMILES string of the molecule is N[C@@H]1CCC[C@H]1CC(=O)N1CCCC(c2ccccc2)CC1. The van der Waals surface area contributed by atoms with Crippen LogP contribution < -0.4 is 5.73 Å². The molecule has 1 saturated heterocycles. The first-order valence-electron chi connectivity index (χ1n) is 8.82. The average molecular weight is 300 g/mol.